The Morgan fingerprint density at radius 3 is 2.84 bits per heavy atom. The van der Waals surface area contributed by atoms with E-state index in [0.29, 0.717) is 17.9 Å². The summed E-state index contributed by atoms with van der Waals surface area (Å²) in [5.74, 6) is 0.435. The van der Waals surface area contributed by atoms with Gasteiger partial charge in [0.05, 0.1) is 17.8 Å². The van der Waals surface area contributed by atoms with Gasteiger partial charge in [-0.25, -0.2) is 9.97 Å². The molecule has 25 heavy (non-hydrogen) atoms. The summed E-state index contributed by atoms with van der Waals surface area (Å²) in [7, 11) is 1.77. The molecule has 126 valence electrons. The van der Waals surface area contributed by atoms with Crippen LogP contribution in [0.1, 0.15) is 33.7 Å². The average molecular weight is 334 g/mol. The number of nitrogens with zero attached hydrogens (tertiary/aromatic N) is 5. The van der Waals surface area contributed by atoms with E-state index >= 15 is 0 Å². The van der Waals surface area contributed by atoms with E-state index in [2.05, 4.69) is 25.1 Å². The third-order valence-corrected chi connectivity index (χ3v) is 4.44. The molecule has 4 rings (SSSR count). The molecule has 0 unspecified atom stereocenters. The minimum Gasteiger partial charge on any atom is -0.336 e. The highest BCUT2D eigenvalue weighted by Crippen LogP contribution is 2.23. The van der Waals surface area contributed by atoms with Crippen molar-refractivity contribution in [1.29, 1.82) is 0 Å². The molecule has 1 aliphatic rings. The largest absolute Gasteiger partial charge is 0.336 e. The summed E-state index contributed by atoms with van der Waals surface area (Å²) in [5.41, 5.74) is 4.71. The molecule has 7 nitrogen and oxygen atoms in total. The summed E-state index contributed by atoms with van der Waals surface area (Å²) in [6.07, 6.45) is 9.74. The number of aromatic amines is 1. The van der Waals surface area contributed by atoms with Crippen LogP contribution < -0.4 is 0 Å². The van der Waals surface area contributed by atoms with Gasteiger partial charge in [0.2, 0.25) is 0 Å². The third kappa shape index (κ3) is 3.00. The van der Waals surface area contributed by atoms with Crippen LogP contribution in [0.5, 0.6) is 0 Å². The van der Waals surface area contributed by atoms with Crippen molar-refractivity contribution >= 4 is 5.91 Å². The standard InChI is InChI=1S/C18H18N6O/c1-24(11-16-14-5-2-6-15(14)22-23-16)18(25)13-9-20-17(21-10-13)12-4-3-7-19-8-12/h3-4,7-10H,2,5-6,11H2,1H3,(H,22,23). The Morgan fingerprint density at radius 2 is 2.08 bits per heavy atom. The third-order valence-electron chi connectivity index (χ3n) is 4.44. The van der Waals surface area contributed by atoms with Crippen molar-refractivity contribution in [3.8, 4) is 11.4 Å². The van der Waals surface area contributed by atoms with E-state index in [4.69, 9.17) is 0 Å². The molecule has 0 saturated carbocycles. The lowest BCUT2D eigenvalue weighted by Gasteiger charge is -2.16. The van der Waals surface area contributed by atoms with Gasteiger partial charge in [-0.15, -0.1) is 0 Å². The smallest absolute Gasteiger partial charge is 0.257 e. The van der Waals surface area contributed by atoms with Gasteiger partial charge in [-0.2, -0.15) is 5.10 Å². The minimum atomic E-state index is -0.118. The van der Waals surface area contributed by atoms with Gasteiger partial charge in [0.25, 0.3) is 5.91 Å². The molecular formula is C18H18N6O. The van der Waals surface area contributed by atoms with Crippen molar-refractivity contribution in [2.75, 3.05) is 7.05 Å². The van der Waals surface area contributed by atoms with Crippen molar-refractivity contribution < 1.29 is 4.79 Å². The monoisotopic (exact) mass is 334 g/mol. The highest BCUT2D eigenvalue weighted by atomic mass is 16.2. The Morgan fingerprint density at radius 1 is 1.24 bits per heavy atom. The molecule has 3 aromatic rings. The minimum absolute atomic E-state index is 0.118. The summed E-state index contributed by atoms with van der Waals surface area (Å²) >= 11 is 0. The normalized spacial score (nSPS) is 12.8. The molecule has 1 aliphatic carbocycles. The van der Waals surface area contributed by atoms with E-state index in [1.807, 2.05) is 12.1 Å². The molecule has 7 heteroatoms. The number of hydrogen-bond acceptors (Lipinski definition) is 5. The van der Waals surface area contributed by atoms with Crippen molar-refractivity contribution in [1.82, 2.24) is 30.0 Å². The van der Waals surface area contributed by atoms with Crippen LogP contribution in [0.2, 0.25) is 0 Å². The maximum absolute atomic E-state index is 12.6. The van der Waals surface area contributed by atoms with E-state index in [-0.39, 0.29) is 5.91 Å². The number of carbonyl (C=O) groups is 1. The summed E-state index contributed by atoms with van der Waals surface area (Å²) in [4.78, 5) is 26.9. The van der Waals surface area contributed by atoms with Crippen LogP contribution in [0.25, 0.3) is 11.4 Å². The molecule has 1 amide bonds. The van der Waals surface area contributed by atoms with Gasteiger partial charge >= 0.3 is 0 Å². The molecule has 3 aromatic heterocycles. The van der Waals surface area contributed by atoms with Crippen molar-refractivity contribution in [2.45, 2.75) is 25.8 Å². The number of nitrogens with one attached hydrogen (secondary N) is 1. The fraction of sp³-hybridized carbons (Fsp3) is 0.278. The molecule has 0 radical (unpaired) electrons. The molecular weight excluding hydrogens is 316 g/mol. The van der Waals surface area contributed by atoms with E-state index in [1.54, 1.807) is 36.7 Å². The number of fused-ring (bicyclic) bond motifs is 1. The first kappa shape index (κ1) is 15.4. The molecule has 3 heterocycles. The molecule has 0 bridgehead atoms. The summed E-state index contributed by atoms with van der Waals surface area (Å²) < 4.78 is 0. The number of carbonyl (C=O) groups excluding carboxylic acids is 1. The molecule has 0 spiro atoms. The number of aromatic nitrogens is 5. The molecule has 0 aromatic carbocycles. The Bertz CT molecular complexity index is 888. The Labute approximate surface area is 145 Å². The second-order valence-electron chi connectivity index (χ2n) is 6.18. The fourth-order valence-corrected chi connectivity index (χ4v) is 3.12. The van der Waals surface area contributed by atoms with Crippen LogP contribution in [0.3, 0.4) is 0 Å². The highest BCUT2D eigenvalue weighted by molar-refractivity contribution is 5.93. The lowest BCUT2D eigenvalue weighted by Crippen LogP contribution is -2.27. The number of rotatable bonds is 4. The quantitative estimate of drug-likeness (QED) is 0.789. The van der Waals surface area contributed by atoms with Gasteiger partial charge in [-0.1, -0.05) is 0 Å². The second kappa shape index (κ2) is 6.43. The molecule has 1 N–H and O–H groups in total. The average Bonchev–Trinajstić information content (AvgIpc) is 3.27. The SMILES string of the molecule is CN(Cc1n[nH]c2c1CCC2)C(=O)c1cnc(-c2cccnc2)nc1. The lowest BCUT2D eigenvalue weighted by atomic mass is 10.2. The number of pyridine rings is 1. The van der Waals surface area contributed by atoms with Crippen LogP contribution in [-0.2, 0) is 19.4 Å². The number of aryl methyl sites for hydroxylation is 1. The first-order chi connectivity index (χ1) is 12.2. The van der Waals surface area contributed by atoms with Crippen molar-refractivity contribution in [3.05, 3.63) is 59.4 Å². The fourth-order valence-electron chi connectivity index (χ4n) is 3.12. The highest BCUT2D eigenvalue weighted by Gasteiger charge is 2.21. The maximum Gasteiger partial charge on any atom is 0.257 e. The topological polar surface area (TPSA) is 87.7 Å². The van der Waals surface area contributed by atoms with Crippen LogP contribution in [-0.4, -0.2) is 43.0 Å². The van der Waals surface area contributed by atoms with Crippen LogP contribution in [0.15, 0.2) is 36.9 Å². The number of hydrogen-bond donors (Lipinski definition) is 1. The van der Waals surface area contributed by atoms with Gasteiger partial charge in [0.1, 0.15) is 0 Å². The Balaban J connectivity index is 1.48. The molecule has 0 saturated heterocycles. The Hall–Kier alpha value is -3.09. The zero-order chi connectivity index (χ0) is 17.2. The van der Waals surface area contributed by atoms with Crippen LogP contribution in [0.4, 0.5) is 0 Å². The predicted molar refractivity (Wildman–Crippen MR) is 91.7 cm³/mol. The van der Waals surface area contributed by atoms with E-state index < -0.39 is 0 Å². The maximum atomic E-state index is 12.6. The van der Waals surface area contributed by atoms with Crippen molar-refractivity contribution in [3.63, 3.8) is 0 Å². The zero-order valence-electron chi connectivity index (χ0n) is 13.9. The second-order valence-corrected chi connectivity index (χ2v) is 6.18. The van der Waals surface area contributed by atoms with Gasteiger partial charge in [-0.05, 0) is 37.0 Å². The van der Waals surface area contributed by atoms with Crippen molar-refractivity contribution in [2.24, 2.45) is 0 Å². The molecule has 0 aliphatic heterocycles. The Kier molecular flexibility index (Phi) is 3.97. The van der Waals surface area contributed by atoms with E-state index in [9.17, 15) is 4.79 Å². The van der Waals surface area contributed by atoms with Gasteiger partial charge in [-0.3, -0.25) is 14.9 Å². The first-order valence-electron chi connectivity index (χ1n) is 8.25. The summed E-state index contributed by atoms with van der Waals surface area (Å²) in [6, 6.07) is 3.71. The van der Waals surface area contributed by atoms with Crippen LogP contribution in [0, 0.1) is 0 Å². The summed E-state index contributed by atoms with van der Waals surface area (Å²) in [5, 5.41) is 7.43. The molecule has 0 fully saturated rings. The van der Waals surface area contributed by atoms with Gasteiger partial charge < -0.3 is 4.90 Å². The predicted octanol–water partition coefficient (Wildman–Crippen LogP) is 2.02. The van der Waals surface area contributed by atoms with E-state index in [0.717, 1.165) is 30.5 Å². The first-order valence-corrected chi connectivity index (χ1v) is 8.25. The zero-order valence-corrected chi connectivity index (χ0v) is 13.9. The number of H-pyrrole nitrogens is 1. The lowest BCUT2D eigenvalue weighted by molar-refractivity contribution is 0.0782. The molecule has 0 atom stereocenters. The number of amides is 1. The van der Waals surface area contributed by atoms with Crippen LogP contribution >= 0.6 is 0 Å². The summed E-state index contributed by atoms with van der Waals surface area (Å²) in [6.45, 7) is 0.481. The van der Waals surface area contributed by atoms with E-state index in [1.165, 1.54) is 11.3 Å². The van der Waals surface area contributed by atoms with Gasteiger partial charge in [0, 0.05) is 43.1 Å². The van der Waals surface area contributed by atoms with Gasteiger partial charge in [0.15, 0.2) is 5.82 Å².